The van der Waals surface area contributed by atoms with E-state index in [0.29, 0.717) is 48.1 Å². The van der Waals surface area contributed by atoms with Gasteiger partial charge < -0.3 is 9.30 Å². The number of benzene rings is 1. The molecule has 0 amide bonds. The van der Waals surface area contributed by atoms with Crippen molar-refractivity contribution in [2.75, 3.05) is 0 Å². The maximum atomic E-state index is 13.6. The molecule has 0 aliphatic heterocycles. The van der Waals surface area contributed by atoms with Gasteiger partial charge in [-0.3, -0.25) is 13.9 Å². The van der Waals surface area contributed by atoms with Crippen LogP contribution in [0.15, 0.2) is 46.0 Å². The van der Waals surface area contributed by atoms with Crippen molar-refractivity contribution in [3.63, 3.8) is 0 Å². The first-order chi connectivity index (χ1) is 17.9. The number of ether oxygens (including phenoxy) is 1. The summed E-state index contributed by atoms with van der Waals surface area (Å²) in [4.78, 5) is 36.3. The second kappa shape index (κ2) is 10.3. The lowest BCUT2D eigenvalue weighted by Gasteiger charge is -2.15. The van der Waals surface area contributed by atoms with Crippen molar-refractivity contribution in [3.8, 4) is 17.3 Å². The van der Waals surface area contributed by atoms with Gasteiger partial charge in [-0.15, -0.1) is 0 Å². The summed E-state index contributed by atoms with van der Waals surface area (Å²) in [7, 11) is 0. The van der Waals surface area contributed by atoms with Gasteiger partial charge in [-0.05, 0) is 69.7 Å². The van der Waals surface area contributed by atoms with Crippen LogP contribution in [-0.4, -0.2) is 29.8 Å². The number of hydrogen-bond acceptors (Lipinski definition) is 5. The summed E-state index contributed by atoms with van der Waals surface area (Å²) in [5, 5.41) is 0. The van der Waals surface area contributed by atoms with Gasteiger partial charge in [-0.2, -0.15) is 0 Å². The quantitative estimate of drug-likeness (QED) is 0.348. The Balaban J connectivity index is 1.71. The van der Waals surface area contributed by atoms with Crippen LogP contribution in [-0.2, 0) is 19.6 Å². The average Bonchev–Trinajstić information content (AvgIpc) is 3.52. The van der Waals surface area contributed by atoms with E-state index >= 15 is 0 Å². The van der Waals surface area contributed by atoms with Gasteiger partial charge in [0.2, 0.25) is 5.88 Å². The number of aromatic nitrogens is 5. The molecule has 0 spiro atoms. The van der Waals surface area contributed by atoms with Gasteiger partial charge >= 0.3 is 5.69 Å². The third-order valence-electron chi connectivity index (χ3n) is 7.02. The minimum Gasteiger partial charge on any atom is -0.474 e. The molecule has 0 unspecified atom stereocenters. The van der Waals surface area contributed by atoms with Crippen molar-refractivity contribution in [1.29, 1.82) is 0 Å². The molecule has 4 aromatic rings. The van der Waals surface area contributed by atoms with Gasteiger partial charge in [0.05, 0.1) is 5.69 Å². The van der Waals surface area contributed by atoms with Gasteiger partial charge in [0, 0.05) is 31.3 Å². The Hall–Kier alpha value is -3.75. The maximum Gasteiger partial charge on any atom is 0.332 e. The van der Waals surface area contributed by atoms with E-state index in [9.17, 15) is 14.0 Å². The predicted molar refractivity (Wildman–Crippen MR) is 141 cm³/mol. The Kier molecular flexibility index (Phi) is 6.95. The lowest BCUT2D eigenvalue weighted by molar-refractivity contribution is 0.201. The second-order valence-electron chi connectivity index (χ2n) is 9.61. The molecule has 1 aliphatic carbocycles. The van der Waals surface area contributed by atoms with Crippen LogP contribution in [0.3, 0.4) is 0 Å². The topological polar surface area (TPSA) is 83.9 Å². The molecular formula is C28H32FN5O3. The highest BCUT2D eigenvalue weighted by Crippen LogP contribution is 2.29. The molecule has 0 N–H and O–H groups in total. The third-order valence-corrected chi connectivity index (χ3v) is 7.02. The highest BCUT2D eigenvalue weighted by Gasteiger charge is 2.24. The molecule has 9 heteroatoms. The molecule has 194 valence electrons. The zero-order valence-corrected chi connectivity index (χ0v) is 21.5. The largest absolute Gasteiger partial charge is 0.474 e. The van der Waals surface area contributed by atoms with E-state index < -0.39 is 0 Å². The number of hydrogen-bond donors (Lipinski definition) is 0. The highest BCUT2D eigenvalue weighted by molar-refractivity contribution is 5.78. The average molecular weight is 506 g/mol. The first kappa shape index (κ1) is 24.9. The fourth-order valence-corrected chi connectivity index (χ4v) is 5.15. The molecule has 0 atom stereocenters. The second-order valence-corrected chi connectivity index (χ2v) is 9.61. The van der Waals surface area contributed by atoms with E-state index in [2.05, 4.69) is 0 Å². The Labute approximate surface area is 214 Å². The summed E-state index contributed by atoms with van der Waals surface area (Å²) in [6.45, 7) is 6.66. The molecule has 1 saturated carbocycles. The molecular weight excluding hydrogens is 473 g/mol. The zero-order chi connectivity index (χ0) is 26.1. The van der Waals surface area contributed by atoms with E-state index in [1.807, 2.05) is 37.5 Å². The van der Waals surface area contributed by atoms with Gasteiger partial charge in [-0.25, -0.2) is 19.2 Å². The fourth-order valence-electron chi connectivity index (χ4n) is 5.15. The van der Waals surface area contributed by atoms with Crippen LogP contribution in [0.2, 0.25) is 0 Å². The maximum absolute atomic E-state index is 13.6. The summed E-state index contributed by atoms with van der Waals surface area (Å²) < 4.78 is 24.3. The summed E-state index contributed by atoms with van der Waals surface area (Å²) in [5.74, 6) is 0.775. The number of rotatable bonds is 8. The van der Waals surface area contributed by atoms with Crippen molar-refractivity contribution in [1.82, 2.24) is 23.7 Å². The Bertz CT molecular complexity index is 1550. The molecule has 5 rings (SSSR count). The molecule has 3 aromatic heterocycles. The first-order valence-corrected chi connectivity index (χ1v) is 13.0. The van der Waals surface area contributed by atoms with Crippen molar-refractivity contribution in [3.05, 3.63) is 74.3 Å². The monoisotopic (exact) mass is 505 g/mol. The first-order valence-electron chi connectivity index (χ1n) is 13.0. The number of imidazole rings is 1. The fraction of sp³-hybridized carbons (Fsp3) is 0.429. The van der Waals surface area contributed by atoms with Crippen LogP contribution in [0, 0.1) is 12.7 Å². The lowest BCUT2D eigenvalue weighted by Crippen LogP contribution is -2.40. The van der Waals surface area contributed by atoms with Gasteiger partial charge in [0.15, 0.2) is 11.2 Å². The van der Waals surface area contributed by atoms with E-state index in [-0.39, 0.29) is 29.7 Å². The minimum absolute atomic E-state index is 0.192. The summed E-state index contributed by atoms with van der Waals surface area (Å²) in [5.41, 5.74) is 2.21. The van der Waals surface area contributed by atoms with Crippen molar-refractivity contribution in [2.45, 2.75) is 78.6 Å². The van der Waals surface area contributed by atoms with E-state index in [4.69, 9.17) is 14.7 Å². The number of aryl methyl sites for hydroxylation is 2. The summed E-state index contributed by atoms with van der Waals surface area (Å²) >= 11 is 0. The van der Waals surface area contributed by atoms with Gasteiger partial charge in [0.1, 0.15) is 17.7 Å². The normalized spacial score (nSPS) is 14.1. The molecule has 1 fully saturated rings. The van der Waals surface area contributed by atoms with Crippen LogP contribution in [0.1, 0.15) is 57.2 Å². The standard InChI is InChI=1S/C28H32FN5O3/c1-4-16-33-27(35)24-26(32(5-2)28(33)36)31-25(34(24)17-19-10-12-20(29)13-11-19)22-14-15-23(30-18(22)3)37-21-8-6-7-9-21/h10-15,21H,4-9,16-17H2,1-3H3. The Morgan fingerprint density at radius 3 is 2.35 bits per heavy atom. The van der Waals surface area contributed by atoms with Crippen LogP contribution in [0.25, 0.3) is 22.6 Å². The van der Waals surface area contributed by atoms with Gasteiger partial charge in [0.25, 0.3) is 5.56 Å². The molecule has 1 aromatic carbocycles. The van der Waals surface area contributed by atoms with Crippen molar-refractivity contribution in [2.24, 2.45) is 0 Å². The summed E-state index contributed by atoms with van der Waals surface area (Å²) in [6, 6.07) is 9.92. The molecule has 0 bridgehead atoms. The van der Waals surface area contributed by atoms with Crippen LogP contribution < -0.4 is 16.0 Å². The van der Waals surface area contributed by atoms with Crippen molar-refractivity contribution < 1.29 is 9.13 Å². The molecule has 0 radical (unpaired) electrons. The molecule has 0 saturated heterocycles. The van der Waals surface area contributed by atoms with E-state index in [1.54, 1.807) is 12.1 Å². The molecule has 37 heavy (non-hydrogen) atoms. The Morgan fingerprint density at radius 2 is 1.70 bits per heavy atom. The van der Waals surface area contributed by atoms with Crippen LogP contribution in [0.4, 0.5) is 4.39 Å². The van der Waals surface area contributed by atoms with Gasteiger partial charge in [-0.1, -0.05) is 19.1 Å². The third kappa shape index (κ3) is 4.70. The van der Waals surface area contributed by atoms with Crippen LogP contribution in [0.5, 0.6) is 5.88 Å². The number of fused-ring (bicyclic) bond motifs is 1. The summed E-state index contributed by atoms with van der Waals surface area (Å²) in [6.07, 6.45) is 5.25. The molecule has 3 heterocycles. The number of halogens is 1. The van der Waals surface area contributed by atoms with Crippen LogP contribution >= 0.6 is 0 Å². The Morgan fingerprint density at radius 1 is 0.973 bits per heavy atom. The number of pyridine rings is 1. The lowest BCUT2D eigenvalue weighted by atomic mass is 10.1. The molecule has 1 aliphatic rings. The SMILES string of the molecule is CCCn1c(=O)c2c(nc(-c3ccc(OC4CCCC4)nc3C)n2Cc2ccc(F)cc2)n(CC)c1=O. The molecule has 8 nitrogen and oxygen atoms in total. The van der Waals surface area contributed by atoms with E-state index in [0.717, 1.165) is 24.0 Å². The smallest absolute Gasteiger partial charge is 0.332 e. The minimum atomic E-state index is -0.376. The van der Waals surface area contributed by atoms with E-state index in [1.165, 1.54) is 34.1 Å². The number of nitrogens with zero attached hydrogens (tertiary/aromatic N) is 5. The zero-order valence-electron chi connectivity index (χ0n) is 21.5. The highest BCUT2D eigenvalue weighted by atomic mass is 19.1. The predicted octanol–water partition coefficient (Wildman–Crippen LogP) is 4.67. The van der Waals surface area contributed by atoms with Crippen molar-refractivity contribution >= 4 is 11.2 Å².